The van der Waals surface area contributed by atoms with E-state index >= 15 is 0 Å². The normalized spacial score (nSPS) is 17.1. The van der Waals surface area contributed by atoms with E-state index in [1.54, 1.807) is 7.11 Å². The van der Waals surface area contributed by atoms with Gasteiger partial charge < -0.3 is 20.7 Å². The van der Waals surface area contributed by atoms with Crippen LogP contribution in [0.15, 0.2) is 48.5 Å². The first-order valence-electron chi connectivity index (χ1n) is 7.72. The van der Waals surface area contributed by atoms with E-state index in [1.807, 2.05) is 53.4 Å². The highest BCUT2D eigenvalue weighted by atomic mass is 16.5. The molecule has 1 atom stereocenters. The van der Waals surface area contributed by atoms with Crippen LogP contribution in [0.3, 0.4) is 0 Å². The van der Waals surface area contributed by atoms with Gasteiger partial charge in [0.1, 0.15) is 5.75 Å². The molecule has 0 aliphatic carbocycles. The van der Waals surface area contributed by atoms with Crippen molar-refractivity contribution < 1.29 is 9.53 Å². The number of ether oxygens (including phenoxy) is 1. The molecule has 0 radical (unpaired) electrons. The van der Waals surface area contributed by atoms with E-state index < -0.39 is 0 Å². The quantitative estimate of drug-likeness (QED) is 0.911. The van der Waals surface area contributed by atoms with E-state index in [0.29, 0.717) is 12.1 Å². The number of hydrogen-bond acceptors (Lipinski definition) is 4. The molecule has 1 saturated heterocycles. The number of para-hydroxylation sites is 1. The Balaban J connectivity index is 1.81. The van der Waals surface area contributed by atoms with Gasteiger partial charge in [0.15, 0.2) is 0 Å². The van der Waals surface area contributed by atoms with Crippen LogP contribution < -0.4 is 15.8 Å². The number of likely N-dealkylation sites (tertiary alicyclic amines) is 1. The van der Waals surface area contributed by atoms with E-state index in [-0.39, 0.29) is 11.9 Å². The fraction of sp³-hybridized carbons (Fsp3) is 0.278. The molecule has 1 aliphatic heterocycles. The molecule has 0 bridgehead atoms. The number of methoxy groups -OCH3 is 1. The van der Waals surface area contributed by atoms with Gasteiger partial charge in [0.05, 0.1) is 18.4 Å². The molecule has 2 aromatic carbocycles. The van der Waals surface area contributed by atoms with E-state index in [0.717, 1.165) is 30.1 Å². The second-order valence-corrected chi connectivity index (χ2v) is 5.70. The molecule has 3 rings (SSSR count). The molecule has 1 fully saturated rings. The molecule has 2 aromatic rings. The lowest BCUT2D eigenvalue weighted by Crippen LogP contribution is -2.32. The summed E-state index contributed by atoms with van der Waals surface area (Å²) in [5, 5.41) is 3.31. The number of carbonyl (C=O) groups excluding carboxylic acids is 1. The molecule has 23 heavy (non-hydrogen) atoms. The number of carbonyl (C=O) groups is 1. The number of nitrogens with zero attached hydrogens (tertiary/aromatic N) is 1. The Morgan fingerprint density at radius 2 is 1.96 bits per heavy atom. The van der Waals surface area contributed by atoms with Crippen molar-refractivity contribution in [2.75, 3.05) is 25.5 Å². The number of nitrogens with one attached hydrogen (secondary N) is 1. The average Bonchev–Trinajstić information content (AvgIpc) is 3.02. The summed E-state index contributed by atoms with van der Waals surface area (Å²) in [6.07, 6.45) is 0.861. The SMILES string of the molecule is COc1ccc(Nc2ccccc2C(=O)N2CC[C@H](N)C2)cc1. The summed E-state index contributed by atoms with van der Waals surface area (Å²) >= 11 is 0. The maximum absolute atomic E-state index is 12.7. The maximum Gasteiger partial charge on any atom is 0.256 e. The van der Waals surface area contributed by atoms with Crippen LogP contribution >= 0.6 is 0 Å². The van der Waals surface area contributed by atoms with E-state index in [2.05, 4.69) is 5.32 Å². The van der Waals surface area contributed by atoms with Gasteiger partial charge in [-0.05, 0) is 42.8 Å². The molecule has 1 aliphatic rings. The number of anilines is 2. The van der Waals surface area contributed by atoms with Crippen molar-refractivity contribution in [3.63, 3.8) is 0 Å². The lowest BCUT2D eigenvalue weighted by atomic mass is 10.1. The zero-order valence-corrected chi connectivity index (χ0v) is 13.2. The van der Waals surface area contributed by atoms with Crippen LogP contribution in [-0.2, 0) is 0 Å². The smallest absolute Gasteiger partial charge is 0.256 e. The van der Waals surface area contributed by atoms with Gasteiger partial charge in [-0.25, -0.2) is 0 Å². The van der Waals surface area contributed by atoms with Crippen molar-refractivity contribution in [1.29, 1.82) is 0 Å². The molecule has 0 aromatic heterocycles. The molecule has 0 unspecified atom stereocenters. The van der Waals surface area contributed by atoms with Gasteiger partial charge in [0.25, 0.3) is 5.91 Å². The van der Waals surface area contributed by atoms with Crippen LogP contribution in [0.25, 0.3) is 0 Å². The molecule has 120 valence electrons. The monoisotopic (exact) mass is 311 g/mol. The number of nitrogens with two attached hydrogens (primary N) is 1. The predicted molar refractivity (Wildman–Crippen MR) is 91.2 cm³/mol. The van der Waals surface area contributed by atoms with Crippen LogP contribution in [0.1, 0.15) is 16.8 Å². The van der Waals surface area contributed by atoms with Gasteiger partial charge in [-0.15, -0.1) is 0 Å². The summed E-state index contributed by atoms with van der Waals surface area (Å²) in [6.45, 7) is 1.34. The largest absolute Gasteiger partial charge is 0.497 e. The van der Waals surface area contributed by atoms with Crippen molar-refractivity contribution >= 4 is 17.3 Å². The van der Waals surface area contributed by atoms with Gasteiger partial charge in [0.2, 0.25) is 0 Å². The summed E-state index contributed by atoms with van der Waals surface area (Å²) in [5.41, 5.74) is 8.27. The molecule has 5 nitrogen and oxygen atoms in total. The Kier molecular flexibility index (Phi) is 4.48. The minimum absolute atomic E-state index is 0.0227. The average molecular weight is 311 g/mol. The number of hydrogen-bond donors (Lipinski definition) is 2. The Morgan fingerprint density at radius 1 is 1.22 bits per heavy atom. The summed E-state index contributed by atoms with van der Waals surface area (Å²) < 4.78 is 5.16. The molecule has 1 amide bonds. The third kappa shape index (κ3) is 3.46. The zero-order valence-electron chi connectivity index (χ0n) is 13.2. The molecule has 0 saturated carbocycles. The van der Waals surface area contributed by atoms with Crippen molar-refractivity contribution in [2.45, 2.75) is 12.5 Å². The number of benzene rings is 2. The predicted octanol–water partition coefficient (Wildman–Crippen LogP) is 2.61. The lowest BCUT2D eigenvalue weighted by molar-refractivity contribution is 0.0792. The fourth-order valence-electron chi connectivity index (χ4n) is 2.75. The second kappa shape index (κ2) is 6.71. The maximum atomic E-state index is 12.7. The van der Waals surface area contributed by atoms with Crippen molar-refractivity contribution in [1.82, 2.24) is 4.90 Å². The highest BCUT2D eigenvalue weighted by Crippen LogP contribution is 2.24. The minimum Gasteiger partial charge on any atom is -0.497 e. The first-order valence-corrected chi connectivity index (χ1v) is 7.72. The summed E-state index contributed by atoms with van der Waals surface area (Å²) in [5.74, 6) is 0.820. The Morgan fingerprint density at radius 3 is 2.61 bits per heavy atom. The number of amides is 1. The first kappa shape index (κ1) is 15.4. The Hall–Kier alpha value is -2.53. The molecule has 1 heterocycles. The van der Waals surface area contributed by atoms with E-state index in [9.17, 15) is 4.79 Å². The number of rotatable bonds is 4. The van der Waals surface area contributed by atoms with E-state index in [4.69, 9.17) is 10.5 Å². The summed E-state index contributed by atoms with van der Waals surface area (Å²) in [7, 11) is 1.64. The molecular weight excluding hydrogens is 290 g/mol. The standard InChI is InChI=1S/C18H21N3O2/c1-23-15-8-6-14(7-9-15)20-17-5-3-2-4-16(17)18(22)21-11-10-13(19)12-21/h2-9,13,20H,10-12,19H2,1H3/t13-/m0/s1. The van der Waals surface area contributed by atoms with Gasteiger partial charge in [-0.3, -0.25) is 4.79 Å². The van der Waals surface area contributed by atoms with Gasteiger partial charge in [-0.1, -0.05) is 12.1 Å². The highest BCUT2D eigenvalue weighted by Gasteiger charge is 2.25. The first-order chi connectivity index (χ1) is 11.2. The fourth-order valence-corrected chi connectivity index (χ4v) is 2.75. The third-order valence-electron chi connectivity index (χ3n) is 4.04. The molecule has 0 spiro atoms. The van der Waals surface area contributed by atoms with Crippen LogP contribution in [0, 0.1) is 0 Å². The Labute approximate surface area is 136 Å². The second-order valence-electron chi connectivity index (χ2n) is 5.70. The van der Waals surface area contributed by atoms with Crippen LogP contribution in [0.5, 0.6) is 5.75 Å². The summed E-state index contributed by atoms with van der Waals surface area (Å²) in [6, 6.07) is 15.2. The molecular formula is C18H21N3O2. The third-order valence-corrected chi connectivity index (χ3v) is 4.04. The van der Waals surface area contributed by atoms with Crippen molar-refractivity contribution in [3.8, 4) is 5.75 Å². The topological polar surface area (TPSA) is 67.6 Å². The van der Waals surface area contributed by atoms with Gasteiger partial charge in [0, 0.05) is 24.8 Å². The molecule has 5 heteroatoms. The van der Waals surface area contributed by atoms with Crippen molar-refractivity contribution in [3.05, 3.63) is 54.1 Å². The zero-order chi connectivity index (χ0) is 16.2. The summed E-state index contributed by atoms with van der Waals surface area (Å²) in [4.78, 5) is 14.5. The minimum atomic E-state index is 0.0227. The van der Waals surface area contributed by atoms with E-state index in [1.165, 1.54) is 0 Å². The van der Waals surface area contributed by atoms with Crippen LogP contribution in [0.4, 0.5) is 11.4 Å². The Bertz CT molecular complexity index is 685. The highest BCUT2D eigenvalue weighted by molar-refractivity contribution is 6.00. The van der Waals surface area contributed by atoms with Crippen molar-refractivity contribution in [2.24, 2.45) is 5.73 Å². The lowest BCUT2D eigenvalue weighted by Gasteiger charge is -2.18. The molecule has 3 N–H and O–H groups in total. The van der Waals surface area contributed by atoms with Gasteiger partial charge in [-0.2, -0.15) is 0 Å². The van der Waals surface area contributed by atoms with Gasteiger partial charge >= 0.3 is 0 Å². The van der Waals surface area contributed by atoms with Crippen LogP contribution in [0.2, 0.25) is 0 Å². The van der Waals surface area contributed by atoms with Crippen LogP contribution in [-0.4, -0.2) is 37.0 Å².